The first-order valence-corrected chi connectivity index (χ1v) is 9.64. The van der Waals surface area contributed by atoms with E-state index < -0.39 is 35.0 Å². The molecule has 0 saturated heterocycles. The summed E-state index contributed by atoms with van der Waals surface area (Å²) in [5, 5.41) is 0. The number of hydrogen-bond donors (Lipinski definition) is 1. The first-order chi connectivity index (χ1) is 12.9. The molecule has 0 spiro atoms. The summed E-state index contributed by atoms with van der Waals surface area (Å²) >= 11 is 0. The number of carbonyl (C=O) groups excluding carboxylic acids is 2. The maximum Gasteiger partial charge on any atom is 0.321 e. The Morgan fingerprint density at radius 1 is 1.11 bits per heavy atom. The van der Waals surface area contributed by atoms with E-state index in [0.29, 0.717) is 6.54 Å². The minimum atomic E-state index is -3.98. The van der Waals surface area contributed by atoms with Crippen molar-refractivity contribution in [3.63, 3.8) is 0 Å². The second-order valence-corrected chi connectivity index (χ2v) is 7.63. The maximum absolute atomic E-state index is 12.9. The molecule has 0 radical (unpaired) electrons. The Kier molecular flexibility index (Phi) is 5.52. The van der Waals surface area contributed by atoms with Crippen molar-refractivity contribution in [3.8, 4) is 0 Å². The average molecular weight is 392 g/mol. The molecular formula is C18H17FN2O5S. The fourth-order valence-corrected chi connectivity index (χ4v) is 3.69. The quantitative estimate of drug-likeness (QED) is 0.747. The van der Waals surface area contributed by atoms with Gasteiger partial charge in [-0.15, -0.1) is 0 Å². The van der Waals surface area contributed by atoms with Crippen LogP contribution in [0, 0.1) is 5.82 Å². The molecule has 0 atom stereocenters. The van der Waals surface area contributed by atoms with Gasteiger partial charge in [0.25, 0.3) is 5.91 Å². The summed E-state index contributed by atoms with van der Waals surface area (Å²) in [6, 6.07) is 11.6. The van der Waals surface area contributed by atoms with Crippen molar-refractivity contribution in [1.82, 2.24) is 4.72 Å². The van der Waals surface area contributed by atoms with Crippen molar-refractivity contribution in [3.05, 3.63) is 59.9 Å². The lowest BCUT2D eigenvalue weighted by atomic mass is 10.2. The van der Waals surface area contributed by atoms with Crippen molar-refractivity contribution >= 4 is 27.6 Å². The van der Waals surface area contributed by atoms with Crippen molar-refractivity contribution in [1.29, 1.82) is 0 Å². The number of fused-ring (bicyclic) bond motifs is 1. The fraction of sp³-hybridized carbons (Fsp3) is 0.222. The number of carbonyl (C=O) groups is 2. The highest BCUT2D eigenvalue weighted by Gasteiger charge is 2.25. The molecule has 142 valence electrons. The highest BCUT2D eigenvalue weighted by Crippen LogP contribution is 2.27. The molecule has 27 heavy (non-hydrogen) atoms. The number of rotatable bonds is 6. The normalized spacial score (nSPS) is 13.3. The molecule has 0 aliphatic carbocycles. The number of benzene rings is 2. The molecule has 0 saturated carbocycles. The number of esters is 1. The molecule has 1 aliphatic heterocycles. The third kappa shape index (κ3) is 4.50. The molecule has 1 aliphatic rings. The van der Waals surface area contributed by atoms with Crippen LogP contribution in [-0.4, -0.2) is 40.0 Å². The van der Waals surface area contributed by atoms with Gasteiger partial charge in [-0.2, -0.15) is 4.72 Å². The molecule has 2 aromatic rings. The van der Waals surface area contributed by atoms with Crippen LogP contribution in [0.25, 0.3) is 0 Å². The van der Waals surface area contributed by atoms with Crippen LogP contribution in [-0.2, 0) is 30.8 Å². The van der Waals surface area contributed by atoms with Gasteiger partial charge in [-0.25, -0.2) is 12.8 Å². The summed E-state index contributed by atoms with van der Waals surface area (Å²) < 4.78 is 43.8. The monoisotopic (exact) mass is 392 g/mol. The number of halogens is 1. The summed E-state index contributed by atoms with van der Waals surface area (Å²) in [7, 11) is -3.98. The lowest BCUT2D eigenvalue weighted by Crippen LogP contribution is -2.35. The van der Waals surface area contributed by atoms with Gasteiger partial charge in [0, 0.05) is 12.2 Å². The Balaban J connectivity index is 1.50. The Morgan fingerprint density at radius 2 is 1.81 bits per heavy atom. The van der Waals surface area contributed by atoms with Crippen molar-refractivity contribution in [2.24, 2.45) is 0 Å². The summed E-state index contributed by atoms with van der Waals surface area (Å²) in [6.45, 7) is -0.609. The Hall–Kier alpha value is -2.78. The SMILES string of the molecule is O=C(CNS(=O)(=O)c1ccc(F)cc1)OCC(=O)N1CCc2ccccc21. The zero-order valence-corrected chi connectivity index (χ0v) is 15.0. The number of amides is 1. The van der Waals surface area contributed by atoms with Crippen LogP contribution < -0.4 is 9.62 Å². The summed E-state index contributed by atoms with van der Waals surface area (Å²) in [6.07, 6.45) is 0.729. The van der Waals surface area contributed by atoms with E-state index in [9.17, 15) is 22.4 Å². The first kappa shape index (κ1) is 19.0. The predicted molar refractivity (Wildman–Crippen MR) is 95.0 cm³/mol. The molecule has 1 heterocycles. The number of hydrogen-bond acceptors (Lipinski definition) is 5. The second kappa shape index (κ2) is 7.85. The Labute approximate surface area is 155 Å². The second-order valence-electron chi connectivity index (χ2n) is 5.86. The molecular weight excluding hydrogens is 375 g/mol. The van der Waals surface area contributed by atoms with E-state index in [0.717, 1.165) is 41.9 Å². The molecule has 0 fully saturated rings. The van der Waals surface area contributed by atoms with Crippen LogP contribution in [0.5, 0.6) is 0 Å². The number of ether oxygens (including phenoxy) is 1. The third-order valence-corrected chi connectivity index (χ3v) is 5.49. The highest BCUT2D eigenvalue weighted by molar-refractivity contribution is 7.89. The first-order valence-electron chi connectivity index (χ1n) is 8.16. The summed E-state index contributed by atoms with van der Waals surface area (Å²) in [4.78, 5) is 25.4. The molecule has 7 nitrogen and oxygen atoms in total. The minimum Gasteiger partial charge on any atom is -0.455 e. The van der Waals surface area contributed by atoms with Crippen LogP contribution >= 0.6 is 0 Å². The van der Waals surface area contributed by atoms with E-state index in [1.165, 1.54) is 4.90 Å². The van der Waals surface area contributed by atoms with E-state index in [4.69, 9.17) is 4.74 Å². The van der Waals surface area contributed by atoms with Gasteiger partial charge in [0.05, 0.1) is 4.90 Å². The van der Waals surface area contributed by atoms with E-state index in [1.807, 2.05) is 24.3 Å². The Morgan fingerprint density at radius 3 is 2.56 bits per heavy atom. The smallest absolute Gasteiger partial charge is 0.321 e. The van der Waals surface area contributed by atoms with Crippen LogP contribution in [0.2, 0.25) is 0 Å². The molecule has 9 heteroatoms. The van der Waals surface area contributed by atoms with Gasteiger partial charge in [-0.3, -0.25) is 9.59 Å². The Bertz CT molecular complexity index is 960. The van der Waals surface area contributed by atoms with Crippen LogP contribution in [0.15, 0.2) is 53.4 Å². The zero-order valence-electron chi connectivity index (χ0n) is 14.2. The van der Waals surface area contributed by atoms with Gasteiger partial charge in [0.15, 0.2) is 6.61 Å². The molecule has 1 N–H and O–H groups in total. The van der Waals surface area contributed by atoms with Gasteiger partial charge < -0.3 is 9.64 Å². The van der Waals surface area contributed by atoms with Gasteiger partial charge in [-0.1, -0.05) is 18.2 Å². The average Bonchev–Trinajstić information content (AvgIpc) is 3.09. The van der Waals surface area contributed by atoms with E-state index in [2.05, 4.69) is 4.72 Å². The third-order valence-electron chi connectivity index (χ3n) is 4.08. The predicted octanol–water partition coefficient (Wildman–Crippen LogP) is 1.24. The lowest BCUT2D eigenvalue weighted by molar-refractivity contribution is -0.146. The largest absolute Gasteiger partial charge is 0.455 e. The molecule has 1 amide bonds. The maximum atomic E-state index is 12.9. The number of sulfonamides is 1. The summed E-state index contributed by atoms with van der Waals surface area (Å²) in [5.41, 5.74) is 1.83. The van der Waals surface area contributed by atoms with E-state index >= 15 is 0 Å². The zero-order chi connectivity index (χ0) is 19.4. The van der Waals surface area contributed by atoms with Crippen molar-refractivity contribution in [2.45, 2.75) is 11.3 Å². The van der Waals surface area contributed by atoms with Crippen LogP contribution in [0.3, 0.4) is 0 Å². The number of nitrogens with zero attached hydrogens (tertiary/aromatic N) is 1. The molecule has 0 bridgehead atoms. The topological polar surface area (TPSA) is 92.8 Å². The van der Waals surface area contributed by atoms with Gasteiger partial charge in [0.2, 0.25) is 10.0 Å². The van der Waals surface area contributed by atoms with Gasteiger partial charge >= 0.3 is 5.97 Å². The highest BCUT2D eigenvalue weighted by atomic mass is 32.2. The minimum absolute atomic E-state index is 0.179. The number of anilines is 1. The molecule has 2 aromatic carbocycles. The number of nitrogens with one attached hydrogen (secondary N) is 1. The standard InChI is InChI=1S/C18H17FN2O5S/c19-14-5-7-15(8-6-14)27(24,25)20-11-18(23)26-12-17(22)21-10-9-13-3-1-2-4-16(13)21/h1-8,20H,9-12H2. The lowest BCUT2D eigenvalue weighted by Gasteiger charge is -2.17. The van der Waals surface area contributed by atoms with Gasteiger partial charge in [0.1, 0.15) is 12.4 Å². The fourth-order valence-electron chi connectivity index (χ4n) is 2.72. The molecule has 0 aromatic heterocycles. The van der Waals surface area contributed by atoms with Crippen LogP contribution in [0.1, 0.15) is 5.56 Å². The van der Waals surface area contributed by atoms with E-state index in [-0.39, 0.29) is 10.8 Å². The van der Waals surface area contributed by atoms with Crippen molar-refractivity contribution < 1.29 is 27.1 Å². The summed E-state index contributed by atoms with van der Waals surface area (Å²) in [5.74, 6) is -1.84. The molecule has 3 rings (SSSR count). The van der Waals surface area contributed by atoms with Crippen molar-refractivity contribution in [2.75, 3.05) is 24.6 Å². The molecule has 0 unspecified atom stereocenters. The number of para-hydroxylation sites is 1. The van der Waals surface area contributed by atoms with E-state index in [1.54, 1.807) is 0 Å². The van der Waals surface area contributed by atoms with Crippen LogP contribution in [0.4, 0.5) is 10.1 Å². The van der Waals surface area contributed by atoms with Gasteiger partial charge in [-0.05, 0) is 42.3 Å².